The third-order valence-electron chi connectivity index (χ3n) is 5.83. The van der Waals surface area contributed by atoms with Crippen LogP contribution in [0.1, 0.15) is 38.1 Å². The van der Waals surface area contributed by atoms with Crippen molar-refractivity contribution in [3.8, 4) is 6.01 Å². The molecule has 0 aromatic carbocycles. The molecule has 3 atom stereocenters. The van der Waals surface area contributed by atoms with Crippen LogP contribution < -0.4 is 9.64 Å². The number of fused-ring (bicyclic) bond motifs is 1. The Morgan fingerprint density at radius 2 is 2.09 bits per heavy atom. The fourth-order valence-corrected chi connectivity index (χ4v) is 3.75. The van der Waals surface area contributed by atoms with Crippen LogP contribution in [0.25, 0.3) is 0 Å². The number of aliphatic hydroxyl groups is 1. The molecule has 0 bridgehead atoms. The number of nitrogens with one attached hydrogen (secondary N) is 1. The smallest absolute Gasteiger partial charge is 0.426 e. The zero-order valence-electron chi connectivity index (χ0n) is 17.8. The number of aromatic amines is 1. The number of anilines is 1. The molecule has 1 aromatic rings. The van der Waals surface area contributed by atoms with E-state index in [9.17, 15) is 23.1 Å². The minimum atomic E-state index is -4.78. The quantitative estimate of drug-likeness (QED) is 0.651. The van der Waals surface area contributed by atoms with Gasteiger partial charge in [0.1, 0.15) is 11.5 Å². The van der Waals surface area contributed by atoms with Crippen molar-refractivity contribution in [1.29, 1.82) is 0 Å². The zero-order chi connectivity index (χ0) is 23.3. The van der Waals surface area contributed by atoms with Crippen LogP contribution in [0.5, 0.6) is 6.01 Å². The number of aromatic nitrogens is 2. The van der Waals surface area contributed by atoms with Crippen molar-refractivity contribution in [2.45, 2.75) is 50.5 Å². The van der Waals surface area contributed by atoms with E-state index in [1.54, 1.807) is 20.0 Å². The summed E-state index contributed by atoms with van der Waals surface area (Å²) in [6.45, 7) is 1.89. The lowest BCUT2D eigenvalue weighted by Crippen LogP contribution is -2.49. The number of alkyl halides is 3. The van der Waals surface area contributed by atoms with Gasteiger partial charge in [0.15, 0.2) is 12.0 Å². The number of hydrogen-bond donors (Lipinski definition) is 2. The average Bonchev–Trinajstić information content (AvgIpc) is 3.30. The number of methoxy groups -OCH3 is 1. The summed E-state index contributed by atoms with van der Waals surface area (Å²) in [5.74, 6) is -0.0838. The van der Waals surface area contributed by atoms with Gasteiger partial charge in [0, 0.05) is 26.6 Å². The summed E-state index contributed by atoms with van der Waals surface area (Å²) >= 11 is 0. The number of halogens is 3. The molecule has 3 unspecified atom stereocenters. The molecule has 0 saturated heterocycles. The second-order valence-corrected chi connectivity index (χ2v) is 8.29. The Labute approximate surface area is 182 Å². The van der Waals surface area contributed by atoms with Crippen molar-refractivity contribution in [1.82, 2.24) is 14.9 Å². The van der Waals surface area contributed by atoms with Gasteiger partial charge in [-0.1, -0.05) is 13.0 Å². The number of nitrogens with zero attached hydrogens (tertiary/aromatic N) is 3. The van der Waals surface area contributed by atoms with E-state index in [-0.39, 0.29) is 30.2 Å². The number of H-pyrrole nitrogens is 1. The van der Waals surface area contributed by atoms with Gasteiger partial charge >= 0.3 is 18.4 Å². The molecule has 1 saturated carbocycles. The van der Waals surface area contributed by atoms with E-state index in [1.165, 1.54) is 29.1 Å². The van der Waals surface area contributed by atoms with Crippen molar-refractivity contribution in [3.63, 3.8) is 0 Å². The summed E-state index contributed by atoms with van der Waals surface area (Å²) in [5.41, 5.74) is -0.268. The van der Waals surface area contributed by atoms with Crippen molar-refractivity contribution in [3.05, 3.63) is 29.7 Å². The number of amides is 2. The fraction of sp³-hybridized carbons (Fsp3) is 0.600. The lowest BCUT2D eigenvalue weighted by molar-refractivity contribution is -0.339. The molecular formula is C20H25F3N4O5. The third kappa shape index (κ3) is 4.62. The van der Waals surface area contributed by atoms with Gasteiger partial charge in [-0.2, -0.15) is 4.98 Å². The predicted octanol–water partition coefficient (Wildman–Crippen LogP) is 3.22. The highest BCUT2D eigenvalue weighted by atomic mass is 19.4. The first-order valence-corrected chi connectivity index (χ1v) is 10.2. The SMILES string of the molecule is COC1c2[nH]c(OC3=CC(OC(F)(F)F)C(C)C=C3)nc2N(C)C(=O)N1CCC1(O)CC1. The minimum Gasteiger partial charge on any atom is -0.426 e. The van der Waals surface area contributed by atoms with Gasteiger partial charge in [0.05, 0.1) is 11.7 Å². The van der Waals surface area contributed by atoms with Gasteiger partial charge in [-0.05, 0) is 31.4 Å². The summed E-state index contributed by atoms with van der Waals surface area (Å²) in [7, 11) is 2.99. The lowest BCUT2D eigenvalue weighted by atomic mass is 9.99. The van der Waals surface area contributed by atoms with E-state index in [1.807, 2.05) is 0 Å². The Balaban J connectivity index is 1.54. The second-order valence-electron chi connectivity index (χ2n) is 8.29. The molecule has 1 aliphatic heterocycles. The molecule has 4 rings (SSSR count). The molecule has 12 heteroatoms. The average molecular weight is 458 g/mol. The first kappa shape index (κ1) is 22.6. The maximum Gasteiger partial charge on any atom is 0.523 e. The van der Waals surface area contributed by atoms with Gasteiger partial charge < -0.3 is 19.6 Å². The van der Waals surface area contributed by atoms with Crippen LogP contribution in [0, 0.1) is 5.92 Å². The Hall–Kier alpha value is -2.57. The molecule has 0 spiro atoms. The Bertz CT molecular complexity index is 940. The van der Waals surface area contributed by atoms with Crippen LogP contribution >= 0.6 is 0 Å². The van der Waals surface area contributed by atoms with E-state index in [4.69, 9.17) is 9.47 Å². The van der Waals surface area contributed by atoms with E-state index >= 15 is 0 Å². The predicted molar refractivity (Wildman–Crippen MR) is 106 cm³/mol. The minimum absolute atomic E-state index is 0.00409. The molecule has 1 aromatic heterocycles. The molecule has 176 valence electrons. The van der Waals surface area contributed by atoms with Crippen LogP contribution in [-0.2, 0) is 9.47 Å². The zero-order valence-corrected chi connectivity index (χ0v) is 17.8. The monoisotopic (exact) mass is 458 g/mol. The topological polar surface area (TPSA) is 100 Å². The summed E-state index contributed by atoms with van der Waals surface area (Å²) in [6.07, 6.45) is -0.647. The first-order valence-electron chi connectivity index (χ1n) is 10.2. The Morgan fingerprint density at radius 1 is 1.38 bits per heavy atom. The standard InChI is InChI=1S/C20H25F3N4O5/c1-11-4-5-12(10-13(11)32-20(21,22)23)31-17-24-14-15(25-17)26(2)18(28)27(16(14)30-3)9-8-19(29)6-7-19/h4-5,10-11,13,16,29H,6-9H2,1-3H3,(H,24,25). The maximum atomic E-state index is 12.9. The molecule has 3 aliphatic rings. The highest BCUT2D eigenvalue weighted by molar-refractivity contribution is 5.93. The van der Waals surface area contributed by atoms with Crippen LogP contribution in [0.15, 0.2) is 24.0 Å². The summed E-state index contributed by atoms with van der Waals surface area (Å²) < 4.78 is 53.3. The number of imidazole rings is 1. The largest absolute Gasteiger partial charge is 0.523 e. The number of ether oxygens (including phenoxy) is 3. The normalized spacial score (nSPS) is 26.8. The summed E-state index contributed by atoms with van der Waals surface area (Å²) in [5, 5.41) is 10.1. The van der Waals surface area contributed by atoms with E-state index in [0.717, 1.165) is 0 Å². The van der Waals surface area contributed by atoms with E-state index in [0.29, 0.717) is 25.0 Å². The van der Waals surface area contributed by atoms with Crippen LogP contribution in [0.3, 0.4) is 0 Å². The molecule has 32 heavy (non-hydrogen) atoms. The summed E-state index contributed by atoms with van der Waals surface area (Å²) in [4.78, 5) is 22.9. The molecule has 9 nitrogen and oxygen atoms in total. The third-order valence-corrected chi connectivity index (χ3v) is 5.83. The molecule has 2 aliphatic carbocycles. The Kier molecular flexibility index (Phi) is 5.72. The van der Waals surface area contributed by atoms with E-state index in [2.05, 4.69) is 14.7 Å². The van der Waals surface area contributed by atoms with Crippen molar-refractivity contribution < 1.29 is 37.3 Å². The molecule has 2 heterocycles. The van der Waals surface area contributed by atoms with Gasteiger partial charge in [-0.15, -0.1) is 13.2 Å². The van der Waals surface area contributed by atoms with Gasteiger partial charge in [-0.3, -0.25) is 14.5 Å². The highest BCUT2D eigenvalue weighted by Crippen LogP contribution is 2.41. The Morgan fingerprint density at radius 3 is 2.72 bits per heavy atom. The summed E-state index contributed by atoms with van der Waals surface area (Å²) in [6, 6.07) is -0.355. The van der Waals surface area contributed by atoms with Crippen LogP contribution in [0.2, 0.25) is 0 Å². The molecule has 2 amide bonds. The van der Waals surface area contributed by atoms with Crippen molar-refractivity contribution in [2.24, 2.45) is 5.92 Å². The molecule has 1 fully saturated rings. The molecule has 2 N–H and O–H groups in total. The number of urea groups is 1. The second kappa shape index (κ2) is 8.09. The first-order chi connectivity index (χ1) is 15.0. The molecular weight excluding hydrogens is 433 g/mol. The van der Waals surface area contributed by atoms with Crippen molar-refractivity contribution in [2.75, 3.05) is 25.6 Å². The van der Waals surface area contributed by atoms with E-state index < -0.39 is 30.2 Å². The van der Waals surface area contributed by atoms with Crippen LogP contribution in [-0.4, -0.2) is 64.8 Å². The van der Waals surface area contributed by atoms with Crippen molar-refractivity contribution >= 4 is 11.8 Å². The van der Waals surface area contributed by atoms with Gasteiger partial charge in [0.2, 0.25) is 0 Å². The van der Waals surface area contributed by atoms with Gasteiger partial charge in [0.25, 0.3) is 0 Å². The molecule has 0 radical (unpaired) electrons. The maximum absolute atomic E-state index is 12.9. The number of rotatable bonds is 7. The fourth-order valence-electron chi connectivity index (χ4n) is 3.75. The van der Waals surface area contributed by atoms with Gasteiger partial charge in [-0.25, -0.2) is 4.79 Å². The number of carbonyl (C=O) groups excluding carboxylic acids is 1. The number of carbonyl (C=O) groups is 1. The van der Waals surface area contributed by atoms with Crippen LogP contribution in [0.4, 0.5) is 23.8 Å². The number of hydrogen-bond acceptors (Lipinski definition) is 6. The lowest BCUT2D eigenvalue weighted by Gasteiger charge is -2.38. The number of allylic oxidation sites excluding steroid dienone is 1. The highest BCUT2D eigenvalue weighted by Gasteiger charge is 2.44.